The van der Waals surface area contributed by atoms with Crippen LogP contribution in [0.4, 0.5) is 0 Å². The molecule has 0 aliphatic rings. The zero-order valence-corrected chi connectivity index (χ0v) is 18.5. The lowest BCUT2D eigenvalue weighted by molar-refractivity contribution is 0.102. The summed E-state index contributed by atoms with van der Waals surface area (Å²) in [6.07, 6.45) is 1.77. The van der Waals surface area contributed by atoms with Crippen LogP contribution < -0.4 is 0 Å². The summed E-state index contributed by atoms with van der Waals surface area (Å²) < 4.78 is 1.99. The molecule has 2 aromatic carbocycles. The summed E-state index contributed by atoms with van der Waals surface area (Å²) in [6.45, 7) is 2.07. The quantitative estimate of drug-likeness (QED) is 0.324. The van der Waals surface area contributed by atoms with E-state index in [-0.39, 0.29) is 17.6 Å². The fraction of sp³-hybridized carbons (Fsp3) is 0.227. The first-order chi connectivity index (χ1) is 14.5. The van der Waals surface area contributed by atoms with Crippen LogP contribution in [-0.2, 0) is 0 Å². The molecule has 4 aromatic rings. The molecule has 0 aliphatic carbocycles. The smallest absolute Gasteiger partial charge is 0.196 e. The van der Waals surface area contributed by atoms with Crippen molar-refractivity contribution in [3.05, 3.63) is 71.1 Å². The highest BCUT2D eigenvalue weighted by atomic mass is 35.5. The maximum atomic E-state index is 12.9. The number of rotatable bonds is 7. The summed E-state index contributed by atoms with van der Waals surface area (Å²) in [7, 11) is 4.00. The van der Waals surface area contributed by atoms with Crippen LogP contribution in [0.15, 0.2) is 59.9 Å². The van der Waals surface area contributed by atoms with Crippen molar-refractivity contribution in [3.63, 3.8) is 0 Å². The monoisotopic (exact) mass is 439 g/mol. The Kier molecular flexibility index (Phi) is 5.94. The van der Waals surface area contributed by atoms with Crippen molar-refractivity contribution in [2.75, 3.05) is 19.8 Å². The summed E-state index contributed by atoms with van der Waals surface area (Å²) in [5, 5.41) is 11.1. The van der Waals surface area contributed by atoms with E-state index in [1.54, 1.807) is 6.20 Å². The number of para-hydroxylation sites is 1. The molecule has 0 spiro atoms. The van der Waals surface area contributed by atoms with Crippen LogP contribution in [0.2, 0.25) is 5.02 Å². The molecule has 4 rings (SSSR count). The minimum atomic E-state index is 0.0466. The number of benzene rings is 2. The minimum absolute atomic E-state index is 0.0466. The number of carbonyl (C=O) groups is 1. The van der Waals surface area contributed by atoms with Crippen molar-refractivity contribution < 1.29 is 4.79 Å². The van der Waals surface area contributed by atoms with Gasteiger partial charge in [0, 0.05) is 33.4 Å². The Morgan fingerprint density at radius 1 is 1.17 bits per heavy atom. The third-order valence-corrected chi connectivity index (χ3v) is 6.29. The molecule has 0 bridgehead atoms. The van der Waals surface area contributed by atoms with E-state index in [9.17, 15) is 4.79 Å². The van der Waals surface area contributed by atoms with Gasteiger partial charge in [0.05, 0.1) is 11.8 Å². The maximum absolute atomic E-state index is 12.9. The van der Waals surface area contributed by atoms with Gasteiger partial charge in [-0.15, -0.1) is 10.2 Å². The highest BCUT2D eigenvalue weighted by Gasteiger charge is 2.22. The Bertz CT molecular complexity index is 1180. The van der Waals surface area contributed by atoms with Gasteiger partial charge in [0.25, 0.3) is 0 Å². The first-order valence-corrected chi connectivity index (χ1v) is 10.9. The molecule has 8 heteroatoms. The molecule has 0 aliphatic heterocycles. The van der Waals surface area contributed by atoms with Crippen LogP contribution >= 0.6 is 23.4 Å². The molecule has 0 saturated heterocycles. The second kappa shape index (κ2) is 8.63. The highest BCUT2D eigenvalue weighted by Crippen LogP contribution is 2.28. The van der Waals surface area contributed by atoms with Crippen molar-refractivity contribution in [3.8, 4) is 5.69 Å². The molecule has 0 fully saturated rings. The minimum Gasteiger partial charge on any atom is -0.360 e. The predicted octanol–water partition coefficient (Wildman–Crippen LogP) is 5.00. The summed E-state index contributed by atoms with van der Waals surface area (Å²) >= 11 is 7.46. The molecule has 154 valence electrons. The van der Waals surface area contributed by atoms with Gasteiger partial charge in [0.2, 0.25) is 0 Å². The molecule has 0 amide bonds. The van der Waals surface area contributed by atoms with Crippen LogP contribution in [0.1, 0.15) is 29.1 Å². The van der Waals surface area contributed by atoms with Gasteiger partial charge in [-0.3, -0.25) is 14.3 Å². The van der Waals surface area contributed by atoms with Crippen LogP contribution in [0.3, 0.4) is 0 Å². The average Bonchev–Trinajstić information content (AvgIpc) is 3.36. The molecule has 1 N–H and O–H groups in total. The lowest BCUT2D eigenvalue weighted by Crippen LogP contribution is -2.20. The van der Waals surface area contributed by atoms with E-state index in [1.807, 2.05) is 67.2 Å². The van der Waals surface area contributed by atoms with Gasteiger partial charge in [-0.1, -0.05) is 41.6 Å². The summed E-state index contributed by atoms with van der Waals surface area (Å²) in [6, 6.07) is 15.4. The zero-order valence-electron chi connectivity index (χ0n) is 17.0. The van der Waals surface area contributed by atoms with Crippen molar-refractivity contribution in [1.82, 2.24) is 24.6 Å². The van der Waals surface area contributed by atoms with Crippen molar-refractivity contribution in [1.29, 1.82) is 0 Å². The molecule has 30 heavy (non-hydrogen) atoms. The Labute approximate surface area is 184 Å². The van der Waals surface area contributed by atoms with Crippen LogP contribution in [0.5, 0.6) is 0 Å². The Balaban J connectivity index is 1.64. The number of aromatic amines is 1. The molecular weight excluding hydrogens is 418 g/mol. The fourth-order valence-corrected chi connectivity index (χ4v) is 4.19. The Morgan fingerprint density at radius 2 is 1.90 bits per heavy atom. The molecular formula is C22H22ClN5OS. The molecule has 0 saturated carbocycles. The third kappa shape index (κ3) is 4.01. The van der Waals surface area contributed by atoms with Gasteiger partial charge in [-0.2, -0.15) is 0 Å². The van der Waals surface area contributed by atoms with Gasteiger partial charge in [-0.25, -0.2) is 0 Å². The number of aromatic nitrogens is 4. The second-order valence-electron chi connectivity index (χ2n) is 7.25. The topological polar surface area (TPSA) is 66.8 Å². The summed E-state index contributed by atoms with van der Waals surface area (Å²) in [5.74, 6) is 1.12. The maximum Gasteiger partial charge on any atom is 0.196 e. The van der Waals surface area contributed by atoms with Crippen LogP contribution in [-0.4, -0.2) is 50.3 Å². The van der Waals surface area contributed by atoms with Crippen molar-refractivity contribution >= 4 is 40.0 Å². The first-order valence-electron chi connectivity index (χ1n) is 9.55. The lowest BCUT2D eigenvalue weighted by Gasteiger charge is -2.20. The van der Waals surface area contributed by atoms with Gasteiger partial charge >= 0.3 is 0 Å². The number of H-pyrrole nitrogens is 1. The number of hydrogen-bond acceptors (Lipinski definition) is 5. The zero-order chi connectivity index (χ0) is 21.3. The lowest BCUT2D eigenvalue weighted by atomic mass is 10.1. The van der Waals surface area contributed by atoms with E-state index in [2.05, 4.69) is 27.0 Å². The average molecular weight is 440 g/mol. The van der Waals surface area contributed by atoms with E-state index in [4.69, 9.17) is 11.6 Å². The molecule has 2 aromatic heterocycles. The standard InChI is InChI=1S/C22H22ClN5OS/c1-14(27(2)3)21-25-26-22(28(21)16-10-8-15(23)9-11-16)30-13-20(29)18-12-24-19-7-5-4-6-17(18)19/h4-12,14,24H,13H2,1-3H3. The summed E-state index contributed by atoms with van der Waals surface area (Å²) in [5.41, 5.74) is 2.56. The Hall–Kier alpha value is -2.61. The number of carbonyl (C=O) groups excluding carboxylic acids is 1. The largest absolute Gasteiger partial charge is 0.360 e. The van der Waals surface area contributed by atoms with E-state index >= 15 is 0 Å². The highest BCUT2D eigenvalue weighted by molar-refractivity contribution is 7.99. The molecule has 0 radical (unpaired) electrons. The normalized spacial score (nSPS) is 12.6. The van der Waals surface area contributed by atoms with E-state index in [0.717, 1.165) is 22.4 Å². The van der Waals surface area contributed by atoms with E-state index in [0.29, 0.717) is 15.7 Å². The molecule has 2 heterocycles. The van der Waals surface area contributed by atoms with Crippen LogP contribution in [0.25, 0.3) is 16.6 Å². The van der Waals surface area contributed by atoms with E-state index < -0.39 is 0 Å². The number of hydrogen-bond donors (Lipinski definition) is 1. The SMILES string of the molecule is CC(c1nnc(SCC(=O)c2c[nH]c3ccccc23)n1-c1ccc(Cl)cc1)N(C)C. The van der Waals surface area contributed by atoms with Gasteiger partial charge in [0.15, 0.2) is 16.8 Å². The number of nitrogens with one attached hydrogen (secondary N) is 1. The number of Topliss-reactive ketones (excluding diaryl/α,β-unsaturated/α-hetero) is 1. The molecule has 6 nitrogen and oxygen atoms in total. The predicted molar refractivity (Wildman–Crippen MR) is 122 cm³/mol. The van der Waals surface area contributed by atoms with Gasteiger partial charge in [-0.05, 0) is 51.4 Å². The van der Waals surface area contributed by atoms with E-state index in [1.165, 1.54) is 11.8 Å². The number of nitrogens with zero attached hydrogens (tertiary/aromatic N) is 4. The van der Waals surface area contributed by atoms with Crippen molar-refractivity contribution in [2.45, 2.75) is 18.1 Å². The van der Waals surface area contributed by atoms with Gasteiger partial charge < -0.3 is 4.98 Å². The van der Waals surface area contributed by atoms with Crippen LogP contribution in [0, 0.1) is 0 Å². The molecule has 1 atom stereocenters. The second-order valence-corrected chi connectivity index (χ2v) is 8.63. The molecule has 1 unspecified atom stereocenters. The number of ketones is 1. The number of fused-ring (bicyclic) bond motifs is 1. The third-order valence-electron chi connectivity index (χ3n) is 5.11. The first kappa shape index (κ1) is 20.7. The number of thioether (sulfide) groups is 1. The number of halogens is 1. The van der Waals surface area contributed by atoms with Gasteiger partial charge in [0.1, 0.15) is 0 Å². The Morgan fingerprint density at radius 3 is 2.63 bits per heavy atom. The summed E-state index contributed by atoms with van der Waals surface area (Å²) in [4.78, 5) is 18.1. The van der Waals surface area contributed by atoms with Crippen molar-refractivity contribution in [2.24, 2.45) is 0 Å². The fourth-order valence-electron chi connectivity index (χ4n) is 3.22.